The van der Waals surface area contributed by atoms with Gasteiger partial charge < -0.3 is 9.14 Å². The molecule has 1 aliphatic carbocycles. The molecule has 0 saturated heterocycles. The van der Waals surface area contributed by atoms with Crippen molar-refractivity contribution in [3.63, 3.8) is 0 Å². The summed E-state index contributed by atoms with van der Waals surface area (Å²) in [6.07, 6.45) is 6.42. The maximum Gasteiger partial charge on any atom is 0.338 e. The summed E-state index contributed by atoms with van der Waals surface area (Å²) < 4.78 is 7.34. The number of hydrogen-bond acceptors (Lipinski definition) is 3. The van der Waals surface area contributed by atoms with Crippen molar-refractivity contribution >= 4 is 11.6 Å². The van der Waals surface area contributed by atoms with Crippen LogP contribution < -0.4 is 0 Å². The number of pyridine rings is 1. The molecule has 0 aliphatic heterocycles. The van der Waals surface area contributed by atoms with Crippen LogP contribution in [0.25, 0.3) is 5.65 Å². The molecule has 0 radical (unpaired) electrons. The SMILES string of the molecule is CCCCOC(=O)c1cc(C)n2cc(C3(C)CC3)nc2c1. The third-order valence-electron chi connectivity index (χ3n) is 4.35. The number of fused-ring (bicyclic) bond motifs is 1. The molecule has 112 valence electrons. The van der Waals surface area contributed by atoms with Gasteiger partial charge in [-0.1, -0.05) is 20.3 Å². The van der Waals surface area contributed by atoms with E-state index in [-0.39, 0.29) is 11.4 Å². The Morgan fingerprint density at radius 1 is 1.43 bits per heavy atom. The molecule has 2 heterocycles. The summed E-state index contributed by atoms with van der Waals surface area (Å²) in [5.41, 5.74) is 3.80. The number of carbonyl (C=O) groups is 1. The van der Waals surface area contributed by atoms with Crippen LogP contribution in [0.3, 0.4) is 0 Å². The van der Waals surface area contributed by atoms with Crippen molar-refractivity contribution in [2.24, 2.45) is 0 Å². The first-order chi connectivity index (χ1) is 10.0. The van der Waals surface area contributed by atoms with Gasteiger partial charge in [0.25, 0.3) is 0 Å². The van der Waals surface area contributed by atoms with Gasteiger partial charge in [0.15, 0.2) is 0 Å². The molecule has 2 aromatic rings. The monoisotopic (exact) mass is 286 g/mol. The number of imidazole rings is 1. The molecule has 0 spiro atoms. The molecule has 1 fully saturated rings. The van der Waals surface area contributed by atoms with Crippen molar-refractivity contribution in [3.8, 4) is 0 Å². The molecule has 2 aromatic heterocycles. The van der Waals surface area contributed by atoms with E-state index < -0.39 is 0 Å². The standard InChI is InChI=1S/C17H22N2O2/c1-4-5-8-21-16(20)13-9-12(2)19-11-14(17(3)6-7-17)18-15(19)10-13/h9-11H,4-8H2,1-3H3. The van der Waals surface area contributed by atoms with Crippen molar-refractivity contribution in [2.75, 3.05) is 6.61 Å². The number of carbonyl (C=O) groups excluding carboxylic acids is 1. The Labute approximate surface area is 125 Å². The first kappa shape index (κ1) is 14.1. The summed E-state index contributed by atoms with van der Waals surface area (Å²) in [5, 5.41) is 0. The highest BCUT2D eigenvalue weighted by Crippen LogP contribution is 2.47. The molecule has 1 saturated carbocycles. The predicted molar refractivity (Wildman–Crippen MR) is 81.7 cm³/mol. The third-order valence-corrected chi connectivity index (χ3v) is 4.35. The van der Waals surface area contributed by atoms with Crippen molar-refractivity contribution in [1.82, 2.24) is 9.38 Å². The van der Waals surface area contributed by atoms with Crippen LogP contribution in [0.5, 0.6) is 0 Å². The van der Waals surface area contributed by atoms with Gasteiger partial charge in [-0.3, -0.25) is 0 Å². The fourth-order valence-corrected chi connectivity index (χ4v) is 2.50. The van der Waals surface area contributed by atoms with Crippen LogP contribution in [0.15, 0.2) is 18.3 Å². The third kappa shape index (κ3) is 2.67. The van der Waals surface area contributed by atoms with E-state index in [1.165, 1.54) is 12.8 Å². The summed E-state index contributed by atoms with van der Waals surface area (Å²) in [6, 6.07) is 3.71. The normalized spacial score (nSPS) is 16.1. The fraction of sp³-hybridized carbons (Fsp3) is 0.529. The Morgan fingerprint density at radius 2 is 2.19 bits per heavy atom. The van der Waals surface area contributed by atoms with E-state index in [2.05, 4.69) is 24.4 Å². The first-order valence-corrected chi connectivity index (χ1v) is 7.71. The summed E-state index contributed by atoms with van der Waals surface area (Å²) in [7, 11) is 0. The predicted octanol–water partition coefficient (Wildman–Crippen LogP) is 3.65. The molecule has 0 aromatic carbocycles. The minimum absolute atomic E-state index is 0.236. The van der Waals surface area contributed by atoms with Crippen LogP contribution in [-0.4, -0.2) is 22.0 Å². The van der Waals surface area contributed by atoms with E-state index in [0.29, 0.717) is 12.2 Å². The second-order valence-electron chi connectivity index (χ2n) is 6.29. The van der Waals surface area contributed by atoms with Crippen LogP contribution >= 0.6 is 0 Å². The molecule has 0 amide bonds. The van der Waals surface area contributed by atoms with Crippen molar-refractivity contribution in [1.29, 1.82) is 0 Å². The Bertz CT molecular complexity index is 683. The summed E-state index contributed by atoms with van der Waals surface area (Å²) in [6.45, 7) is 6.80. The van der Waals surface area contributed by atoms with Crippen LogP contribution in [0.1, 0.15) is 61.3 Å². The fourth-order valence-electron chi connectivity index (χ4n) is 2.50. The van der Waals surface area contributed by atoms with Gasteiger partial charge in [-0.25, -0.2) is 9.78 Å². The zero-order valence-corrected chi connectivity index (χ0v) is 13.0. The molecule has 21 heavy (non-hydrogen) atoms. The van der Waals surface area contributed by atoms with Gasteiger partial charge in [-0.2, -0.15) is 0 Å². The first-order valence-electron chi connectivity index (χ1n) is 7.71. The summed E-state index contributed by atoms with van der Waals surface area (Å²) in [4.78, 5) is 16.8. The Kier molecular flexibility index (Phi) is 3.47. The van der Waals surface area contributed by atoms with E-state index in [4.69, 9.17) is 9.72 Å². The zero-order chi connectivity index (χ0) is 15.0. The van der Waals surface area contributed by atoms with Crippen LogP contribution in [-0.2, 0) is 10.2 Å². The van der Waals surface area contributed by atoms with E-state index in [0.717, 1.165) is 29.9 Å². The highest BCUT2D eigenvalue weighted by atomic mass is 16.5. The van der Waals surface area contributed by atoms with Gasteiger partial charge in [0.2, 0.25) is 0 Å². The number of nitrogens with zero attached hydrogens (tertiary/aromatic N) is 2. The molecule has 0 bridgehead atoms. The number of unbranched alkanes of at least 4 members (excludes halogenated alkanes) is 1. The highest BCUT2D eigenvalue weighted by molar-refractivity contribution is 5.90. The van der Waals surface area contributed by atoms with Crippen LogP contribution in [0.4, 0.5) is 0 Å². The Hall–Kier alpha value is -1.84. The molecular formula is C17H22N2O2. The smallest absolute Gasteiger partial charge is 0.338 e. The lowest BCUT2D eigenvalue weighted by Crippen LogP contribution is -2.07. The van der Waals surface area contributed by atoms with Gasteiger partial charge in [0.1, 0.15) is 5.65 Å². The highest BCUT2D eigenvalue weighted by Gasteiger charge is 2.41. The molecule has 0 N–H and O–H groups in total. The molecule has 3 rings (SSSR count). The lowest BCUT2D eigenvalue weighted by Gasteiger charge is -2.06. The van der Waals surface area contributed by atoms with Gasteiger partial charge in [-0.05, 0) is 38.3 Å². The zero-order valence-electron chi connectivity index (χ0n) is 13.0. The topological polar surface area (TPSA) is 43.6 Å². The average Bonchev–Trinajstić information content (AvgIpc) is 3.04. The second-order valence-corrected chi connectivity index (χ2v) is 6.29. The average molecular weight is 286 g/mol. The summed E-state index contributed by atoms with van der Waals surface area (Å²) >= 11 is 0. The van der Waals surface area contributed by atoms with Crippen molar-refractivity contribution in [2.45, 2.75) is 51.9 Å². The van der Waals surface area contributed by atoms with E-state index in [1.54, 1.807) is 0 Å². The van der Waals surface area contributed by atoms with Gasteiger partial charge >= 0.3 is 5.97 Å². The molecule has 0 atom stereocenters. The summed E-state index contributed by atoms with van der Waals surface area (Å²) in [5.74, 6) is -0.253. The number of hydrogen-bond donors (Lipinski definition) is 0. The maximum atomic E-state index is 12.1. The molecular weight excluding hydrogens is 264 g/mol. The quantitative estimate of drug-likeness (QED) is 0.622. The van der Waals surface area contributed by atoms with Crippen molar-refractivity contribution < 1.29 is 9.53 Å². The minimum Gasteiger partial charge on any atom is -0.462 e. The number of ether oxygens (including phenoxy) is 1. The Morgan fingerprint density at radius 3 is 2.86 bits per heavy atom. The largest absolute Gasteiger partial charge is 0.462 e. The minimum atomic E-state index is -0.253. The number of rotatable bonds is 5. The Balaban J connectivity index is 1.89. The van der Waals surface area contributed by atoms with Crippen LogP contribution in [0, 0.1) is 6.92 Å². The van der Waals surface area contributed by atoms with Gasteiger partial charge in [-0.15, -0.1) is 0 Å². The molecule has 0 unspecified atom stereocenters. The second kappa shape index (κ2) is 5.17. The van der Waals surface area contributed by atoms with Crippen molar-refractivity contribution in [3.05, 3.63) is 35.3 Å². The van der Waals surface area contributed by atoms with E-state index in [1.807, 2.05) is 19.1 Å². The maximum absolute atomic E-state index is 12.1. The lowest BCUT2D eigenvalue weighted by atomic mass is 10.1. The van der Waals surface area contributed by atoms with E-state index >= 15 is 0 Å². The molecule has 4 heteroatoms. The van der Waals surface area contributed by atoms with E-state index in [9.17, 15) is 4.79 Å². The molecule has 4 nitrogen and oxygen atoms in total. The van der Waals surface area contributed by atoms with Gasteiger partial charge in [0.05, 0.1) is 17.9 Å². The number of aryl methyl sites for hydroxylation is 1. The number of aromatic nitrogens is 2. The van der Waals surface area contributed by atoms with Gasteiger partial charge in [0, 0.05) is 17.3 Å². The number of esters is 1. The molecule has 1 aliphatic rings. The van der Waals surface area contributed by atoms with Crippen LogP contribution in [0.2, 0.25) is 0 Å². The lowest BCUT2D eigenvalue weighted by molar-refractivity contribution is 0.0499.